The maximum Gasteiger partial charge on any atom is 0.139 e. The van der Waals surface area contributed by atoms with Gasteiger partial charge in [0.1, 0.15) is 11.5 Å². The van der Waals surface area contributed by atoms with Crippen LogP contribution in [-0.2, 0) is 0 Å². The predicted molar refractivity (Wildman–Crippen MR) is 82.3 cm³/mol. The first kappa shape index (κ1) is 11.0. The molecule has 0 fully saturated rings. The average molecular weight is 264 g/mol. The van der Waals surface area contributed by atoms with Crippen LogP contribution in [-0.4, -0.2) is 10.2 Å². The zero-order valence-corrected chi connectivity index (χ0v) is 10.5. The molecule has 0 aliphatic rings. The second-order valence-corrected chi connectivity index (χ2v) is 5.04. The zero-order valence-electron chi connectivity index (χ0n) is 10.5. The summed E-state index contributed by atoms with van der Waals surface area (Å²) in [5, 5.41) is 25.1. The van der Waals surface area contributed by atoms with Crippen molar-refractivity contribution in [1.29, 1.82) is 0 Å². The van der Waals surface area contributed by atoms with Gasteiger partial charge in [0.15, 0.2) is 0 Å². The fourth-order valence-electron chi connectivity index (χ4n) is 2.96. The van der Waals surface area contributed by atoms with Gasteiger partial charge in [0.2, 0.25) is 0 Å². The Bertz CT molecular complexity index is 911. The van der Waals surface area contributed by atoms with E-state index in [4.69, 9.17) is 11.5 Å². The van der Waals surface area contributed by atoms with Crippen LogP contribution in [0.3, 0.4) is 0 Å². The maximum absolute atomic E-state index is 9.90. The molecule has 20 heavy (non-hydrogen) atoms. The van der Waals surface area contributed by atoms with E-state index in [0.717, 1.165) is 32.3 Å². The Morgan fingerprint density at radius 3 is 1.45 bits per heavy atom. The maximum atomic E-state index is 9.90. The van der Waals surface area contributed by atoms with Gasteiger partial charge in [0.25, 0.3) is 0 Å². The van der Waals surface area contributed by atoms with Gasteiger partial charge < -0.3 is 21.7 Å². The highest BCUT2D eigenvalue weighted by Gasteiger charge is 2.15. The molecular weight excluding hydrogens is 252 g/mol. The van der Waals surface area contributed by atoms with Crippen molar-refractivity contribution in [3.05, 3.63) is 36.4 Å². The van der Waals surface area contributed by atoms with E-state index < -0.39 is 0 Å². The summed E-state index contributed by atoms with van der Waals surface area (Å²) in [5.74, 6) is 0.151. The second-order valence-electron chi connectivity index (χ2n) is 5.04. The molecule has 98 valence electrons. The van der Waals surface area contributed by atoms with Crippen LogP contribution in [0.5, 0.6) is 11.5 Å². The van der Waals surface area contributed by atoms with Crippen molar-refractivity contribution in [3.63, 3.8) is 0 Å². The summed E-state index contributed by atoms with van der Waals surface area (Å²) in [6, 6.07) is 10.8. The molecule has 0 aliphatic carbocycles. The Morgan fingerprint density at radius 1 is 0.650 bits per heavy atom. The highest BCUT2D eigenvalue weighted by molar-refractivity contribution is 6.28. The van der Waals surface area contributed by atoms with E-state index in [1.165, 1.54) is 0 Å². The molecule has 0 spiro atoms. The molecule has 0 aromatic heterocycles. The summed E-state index contributed by atoms with van der Waals surface area (Å²) in [7, 11) is 0. The van der Waals surface area contributed by atoms with Crippen LogP contribution in [0.1, 0.15) is 0 Å². The lowest BCUT2D eigenvalue weighted by atomic mass is 9.92. The van der Waals surface area contributed by atoms with E-state index in [1.54, 1.807) is 12.1 Å². The minimum absolute atomic E-state index is 0.0756. The Kier molecular flexibility index (Phi) is 1.85. The number of anilines is 2. The summed E-state index contributed by atoms with van der Waals surface area (Å²) in [5.41, 5.74) is 12.7. The Hall–Kier alpha value is -2.88. The molecule has 4 aromatic carbocycles. The number of nitrogens with two attached hydrogens (primary N) is 2. The molecule has 4 nitrogen and oxygen atoms in total. The molecule has 6 N–H and O–H groups in total. The lowest BCUT2D eigenvalue weighted by Crippen LogP contribution is -1.94. The van der Waals surface area contributed by atoms with Crippen LogP contribution in [0, 0.1) is 0 Å². The van der Waals surface area contributed by atoms with Crippen LogP contribution < -0.4 is 11.5 Å². The summed E-state index contributed by atoms with van der Waals surface area (Å²) in [4.78, 5) is 0. The van der Waals surface area contributed by atoms with Gasteiger partial charge in [-0.05, 0) is 33.7 Å². The number of phenolic OH excluding ortho intramolecular Hbond substituents is 2. The number of benzene rings is 4. The van der Waals surface area contributed by atoms with Gasteiger partial charge in [-0.25, -0.2) is 0 Å². The average Bonchev–Trinajstić information content (AvgIpc) is 2.44. The Labute approximate surface area is 114 Å². The molecule has 0 heterocycles. The van der Waals surface area contributed by atoms with Crippen molar-refractivity contribution in [2.24, 2.45) is 0 Å². The largest absolute Gasteiger partial charge is 0.506 e. The normalized spacial score (nSPS) is 11.8. The van der Waals surface area contributed by atoms with Gasteiger partial charge in [-0.15, -0.1) is 0 Å². The fraction of sp³-hybridized carbons (Fsp3) is 0. The van der Waals surface area contributed by atoms with Crippen molar-refractivity contribution in [3.8, 4) is 11.5 Å². The number of aromatic hydroxyl groups is 2. The molecule has 4 aromatic rings. The SMILES string of the molecule is Nc1c(O)cc2ccc3cc(O)c(N)c4ccc1c2c34. The summed E-state index contributed by atoms with van der Waals surface area (Å²) in [6.07, 6.45) is 0. The van der Waals surface area contributed by atoms with E-state index in [1.807, 2.05) is 24.3 Å². The molecule has 0 saturated carbocycles. The van der Waals surface area contributed by atoms with E-state index in [2.05, 4.69) is 0 Å². The third-order valence-corrected chi connectivity index (χ3v) is 3.94. The standard InChI is InChI=1S/C16H12N2O2/c17-15-9-3-4-10-14-8(6-12(20)16(10)18)2-1-7(13(9)14)5-11(15)19/h1-6,19-20H,17-18H2. The minimum Gasteiger partial charge on any atom is -0.506 e. The molecular formula is C16H12N2O2. The summed E-state index contributed by atoms with van der Waals surface area (Å²) < 4.78 is 0. The van der Waals surface area contributed by atoms with Crippen molar-refractivity contribution in [2.45, 2.75) is 0 Å². The number of nitrogen functional groups attached to an aromatic ring is 2. The van der Waals surface area contributed by atoms with E-state index in [-0.39, 0.29) is 11.5 Å². The van der Waals surface area contributed by atoms with Crippen molar-refractivity contribution in [2.75, 3.05) is 11.5 Å². The molecule has 0 radical (unpaired) electrons. The zero-order chi connectivity index (χ0) is 14.0. The molecule has 0 amide bonds. The van der Waals surface area contributed by atoms with Crippen LogP contribution in [0.2, 0.25) is 0 Å². The highest BCUT2D eigenvalue weighted by atomic mass is 16.3. The van der Waals surface area contributed by atoms with E-state index >= 15 is 0 Å². The quantitative estimate of drug-likeness (QED) is 0.223. The molecule has 4 rings (SSSR count). The van der Waals surface area contributed by atoms with Gasteiger partial charge in [-0.2, -0.15) is 0 Å². The number of phenols is 2. The van der Waals surface area contributed by atoms with Crippen molar-refractivity contribution >= 4 is 43.7 Å². The van der Waals surface area contributed by atoms with E-state index in [9.17, 15) is 10.2 Å². The third kappa shape index (κ3) is 1.15. The van der Waals surface area contributed by atoms with Crippen LogP contribution in [0.15, 0.2) is 36.4 Å². The van der Waals surface area contributed by atoms with Gasteiger partial charge in [-0.3, -0.25) is 0 Å². The van der Waals surface area contributed by atoms with Crippen LogP contribution in [0.4, 0.5) is 11.4 Å². The Balaban J connectivity index is 2.42. The molecule has 0 saturated heterocycles. The summed E-state index contributed by atoms with van der Waals surface area (Å²) >= 11 is 0. The molecule has 0 aliphatic heterocycles. The third-order valence-electron chi connectivity index (χ3n) is 3.94. The van der Waals surface area contributed by atoms with Gasteiger partial charge >= 0.3 is 0 Å². The molecule has 4 heteroatoms. The predicted octanol–water partition coefficient (Wildman–Crippen LogP) is 3.16. The number of rotatable bonds is 0. The van der Waals surface area contributed by atoms with Gasteiger partial charge in [0.05, 0.1) is 11.4 Å². The molecule has 0 unspecified atom stereocenters. The Morgan fingerprint density at radius 2 is 1.05 bits per heavy atom. The number of hydrogen-bond acceptors (Lipinski definition) is 4. The first-order chi connectivity index (χ1) is 9.58. The van der Waals surface area contributed by atoms with Gasteiger partial charge in [-0.1, -0.05) is 24.3 Å². The first-order valence-electron chi connectivity index (χ1n) is 6.25. The summed E-state index contributed by atoms with van der Waals surface area (Å²) in [6.45, 7) is 0. The van der Waals surface area contributed by atoms with Crippen molar-refractivity contribution in [1.82, 2.24) is 0 Å². The van der Waals surface area contributed by atoms with Crippen LogP contribution in [0.25, 0.3) is 32.3 Å². The topological polar surface area (TPSA) is 92.5 Å². The minimum atomic E-state index is 0.0756. The smallest absolute Gasteiger partial charge is 0.139 e. The van der Waals surface area contributed by atoms with Crippen LogP contribution >= 0.6 is 0 Å². The number of hydrogen-bond donors (Lipinski definition) is 4. The lowest BCUT2D eigenvalue weighted by molar-refractivity contribution is 0.478. The second kappa shape index (κ2) is 3.36. The highest BCUT2D eigenvalue weighted by Crippen LogP contribution is 2.44. The fourth-order valence-corrected chi connectivity index (χ4v) is 2.96. The van der Waals surface area contributed by atoms with Gasteiger partial charge in [0, 0.05) is 10.8 Å². The first-order valence-corrected chi connectivity index (χ1v) is 6.25. The monoisotopic (exact) mass is 264 g/mol. The van der Waals surface area contributed by atoms with Crippen molar-refractivity contribution < 1.29 is 10.2 Å². The lowest BCUT2D eigenvalue weighted by Gasteiger charge is -2.15. The molecule has 0 bridgehead atoms. The van der Waals surface area contributed by atoms with E-state index in [0.29, 0.717) is 11.4 Å². The molecule has 0 atom stereocenters.